The Labute approximate surface area is 115 Å². The summed E-state index contributed by atoms with van der Waals surface area (Å²) in [6, 6.07) is 13.2. The van der Waals surface area contributed by atoms with E-state index >= 15 is 0 Å². The molecule has 0 spiro atoms. The molecule has 2 heteroatoms. The fourth-order valence-corrected chi connectivity index (χ4v) is 2.91. The van der Waals surface area contributed by atoms with E-state index in [1.54, 1.807) is 0 Å². The summed E-state index contributed by atoms with van der Waals surface area (Å²) in [7, 11) is 0. The van der Waals surface area contributed by atoms with Crippen LogP contribution in [-0.4, -0.2) is 24.0 Å². The Balaban J connectivity index is 2.23. The van der Waals surface area contributed by atoms with Crippen molar-refractivity contribution in [3.05, 3.63) is 36.4 Å². The van der Waals surface area contributed by atoms with Crippen molar-refractivity contribution in [3.8, 4) is 0 Å². The van der Waals surface area contributed by atoms with Crippen molar-refractivity contribution in [2.75, 3.05) is 18.0 Å². The lowest BCUT2D eigenvalue weighted by Crippen LogP contribution is -2.31. The molecule has 3 rings (SSSR count). The number of hydrogen-bond donors (Lipinski definition) is 0. The summed E-state index contributed by atoms with van der Waals surface area (Å²) in [6.07, 6.45) is 4.61. The van der Waals surface area contributed by atoms with E-state index < -0.39 is 0 Å². The molecule has 1 aliphatic rings. The predicted octanol–water partition coefficient (Wildman–Crippen LogP) is 4.15. The monoisotopic (exact) mass is 253 g/mol. The van der Waals surface area contributed by atoms with E-state index in [0.29, 0.717) is 0 Å². The third-order valence-corrected chi connectivity index (χ3v) is 3.69. The van der Waals surface area contributed by atoms with Crippen LogP contribution in [0.1, 0.15) is 26.7 Å². The Kier molecular flexibility index (Phi) is 3.24. The van der Waals surface area contributed by atoms with E-state index in [-0.39, 0.29) is 0 Å². The fourth-order valence-electron chi connectivity index (χ4n) is 2.91. The first-order chi connectivity index (χ1) is 9.35. The zero-order valence-corrected chi connectivity index (χ0v) is 11.8. The molecule has 1 heterocycles. The third kappa shape index (κ3) is 2.01. The number of rotatable bonds is 4. The van der Waals surface area contributed by atoms with Gasteiger partial charge in [-0.3, -0.25) is 0 Å². The number of anilines is 1. The van der Waals surface area contributed by atoms with Crippen molar-refractivity contribution < 1.29 is 4.58 Å². The maximum atomic E-state index is 2.39. The highest BCUT2D eigenvalue weighted by Gasteiger charge is 2.24. The highest BCUT2D eigenvalue weighted by atomic mass is 15.2. The van der Waals surface area contributed by atoms with Gasteiger partial charge in [0.25, 0.3) is 0 Å². The van der Waals surface area contributed by atoms with E-state index in [0.717, 1.165) is 25.9 Å². The van der Waals surface area contributed by atoms with Gasteiger partial charge in [0.1, 0.15) is 11.4 Å². The van der Waals surface area contributed by atoms with Crippen molar-refractivity contribution >= 4 is 28.5 Å². The summed E-state index contributed by atoms with van der Waals surface area (Å²) in [5, 5.41) is 2.74. The number of hydrogen-bond acceptors (Lipinski definition) is 1. The lowest BCUT2D eigenvalue weighted by atomic mass is 10.0. The van der Waals surface area contributed by atoms with Gasteiger partial charge < -0.3 is 0 Å². The van der Waals surface area contributed by atoms with Crippen LogP contribution in [0.3, 0.4) is 0 Å². The van der Waals surface area contributed by atoms with Gasteiger partial charge in [0.2, 0.25) is 6.34 Å². The predicted molar refractivity (Wildman–Crippen MR) is 82.7 cm³/mol. The summed E-state index contributed by atoms with van der Waals surface area (Å²) < 4.78 is 2.39. The molecule has 0 unspecified atom stereocenters. The smallest absolute Gasteiger partial charge is 0.233 e. The largest absolute Gasteiger partial charge is 0.244 e. The lowest BCUT2D eigenvalue weighted by Gasteiger charge is -2.22. The molecule has 0 amide bonds. The van der Waals surface area contributed by atoms with Gasteiger partial charge in [-0.1, -0.05) is 38.1 Å². The molecule has 1 aliphatic heterocycles. The minimum Gasteiger partial charge on any atom is -0.233 e. The first-order valence-corrected chi connectivity index (χ1v) is 7.25. The molecular formula is C17H21N2+. The maximum Gasteiger partial charge on any atom is 0.244 e. The lowest BCUT2D eigenvalue weighted by molar-refractivity contribution is -0.435. The maximum absolute atomic E-state index is 2.39. The molecule has 0 bridgehead atoms. The van der Waals surface area contributed by atoms with E-state index in [1.165, 1.54) is 22.1 Å². The molecule has 0 radical (unpaired) electrons. The molecule has 0 atom stereocenters. The second kappa shape index (κ2) is 5.04. The van der Waals surface area contributed by atoms with Crippen LogP contribution < -0.4 is 4.90 Å². The van der Waals surface area contributed by atoms with Crippen LogP contribution in [0.2, 0.25) is 0 Å². The van der Waals surface area contributed by atoms with Gasteiger partial charge in [0.05, 0.1) is 18.5 Å². The summed E-state index contributed by atoms with van der Waals surface area (Å²) in [4.78, 5) is 2.39. The van der Waals surface area contributed by atoms with Crippen LogP contribution in [0.4, 0.5) is 11.4 Å². The van der Waals surface area contributed by atoms with Crippen molar-refractivity contribution in [2.24, 2.45) is 0 Å². The average molecular weight is 253 g/mol. The first kappa shape index (κ1) is 12.2. The van der Waals surface area contributed by atoms with E-state index in [9.17, 15) is 0 Å². The Morgan fingerprint density at radius 2 is 1.79 bits per heavy atom. The van der Waals surface area contributed by atoms with Crippen molar-refractivity contribution in [2.45, 2.75) is 26.7 Å². The van der Waals surface area contributed by atoms with Crippen LogP contribution in [-0.2, 0) is 0 Å². The molecular weight excluding hydrogens is 232 g/mol. The molecule has 0 N–H and O–H groups in total. The zero-order chi connectivity index (χ0) is 13.2. The molecule has 0 aliphatic carbocycles. The molecule has 0 saturated heterocycles. The van der Waals surface area contributed by atoms with Crippen LogP contribution in [0.5, 0.6) is 0 Å². The quantitative estimate of drug-likeness (QED) is 0.742. The Hall–Kier alpha value is -1.83. The SMILES string of the molecule is CCCN1C=[N+](CCC)c2cccc3cccc1c23. The van der Waals surface area contributed by atoms with Gasteiger partial charge in [-0.05, 0) is 30.4 Å². The van der Waals surface area contributed by atoms with Crippen LogP contribution in [0.15, 0.2) is 36.4 Å². The fraction of sp³-hybridized carbons (Fsp3) is 0.353. The van der Waals surface area contributed by atoms with E-state index in [1.807, 2.05) is 0 Å². The highest BCUT2D eigenvalue weighted by molar-refractivity contribution is 6.06. The molecule has 2 nitrogen and oxygen atoms in total. The second-order valence-electron chi connectivity index (χ2n) is 5.15. The van der Waals surface area contributed by atoms with Gasteiger partial charge in [0, 0.05) is 0 Å². The van der Waals surface area contributed by atoms with E-state index in [4.69, 9.17) is 0 Å². The Morgan fingerprint density at radius 1 is 1.00 bits per heavy atom. The van der Waals surface area contributed by atoms with Gasteiger partial charge in [0.15, 0.2) is 0 Å². The van der Waals surface area contributed by atoms with Gasteiger partial charge >= 0.3 is 0 Å². The van der Waals surface area contributed by atoms with Gasteiger partial charge in [-0.2, -0.15) is 0 Å². The molecule has 0 saturated carbocycles. The van der Waals surface area contributed by atoms with Crippen molar-refractivity contribution in [1.29, 1.82) is 0 Å². The number of nitrogens with zero attached hydrogens (tertiary/aromatic N) is 2. The minimum absolute atomic E-state index is 1.08. The minimum atomic E-state index is 1.08. The topological polar surface area (TPSA) is 6.25 Å². The van der Waals surface area contributed by atoms with Crippen molar-refractivity contribution in [1.82, 2.24) is 0 Å². The van der Waals surface area contributed by atoms with Crippen LogP contribution in [0, 0.1) is 0 Å². The van der Waals surface area contributed by atoms with Crippen LogP contribution >= 0.6 is 0 Å². The molecule has 0 aromatic heterocycles. The summed E-state index contributed by atoms with van der Waals surface area (Å²) in [5.41, 5.74) is 2.70. The third-order valence-electron chi connectivity index (χ3n) is 3.69. The first-order valence-electron chi connectivity index (χ1n) is 7.25. The molecule has 2 aromatic rings. The van der Waals surface area contributed by atoms with Crippen LogP contribution in [0.25, 0.3) is 10.8 Å². The summed E-state index contributed by atoms with van der Waals surface area (Å²) in [6.45, 7) is 6.62. The molecule has 98 valence electrons. The van der Waals surface area contributed by atoms with E-state index in [2.05, 4.69) is 66.1 Å². The Morgan fingerprint density at radius 3 is 2.53 bits per heavy atom. The van der Waals surface area contributed by atoms with Crippen molar-refractivity contribution in [3.63, 3.8) is 0 Å². The normalized spacial score (nSPS) is 13.8. The second-order valence-corrected chi connectivity index (χ2v) is 5.15. The molecule has 19 heavy (non-hydrogen) atoms. The van der Waals surface area contributed by atoms with Gasteiger partial charge in [-0.15, -0.1) is 0 Å². The number of benzene rings is 2. The Bertz CT molecular complexity index is 623. The highest BCUT2D eigenvalue weighted by Crippen LogP contribution is 2.36. The zero-order valence-electron chi connectivity index (χ0n) is 11.8. The average Bonchev–Trinajstić information content (AvgIpc) is 2.44. The molecule has 0 fully saturated rings. The summed E-state index contributed by atoms with van der Waals surface area (Å²) >= 11 is 0. The van der Waals surface area contributed by atoms with Gasteiger partial charge in [-0.25, -0.2) is 9.48 Å². The summed E-state index contributed by atoms with van der Waals surface area (Å²) in [5.74, 6) is 0. The standard InChI is InChI=1S/C17H21N2/c1-3-11-18-13-19(12-4-2)16-10-6-8-14-7-5-9-15(18)17(14)16/h5-10,13H,3-4,11-12H2,1-2H3/q+1. The molecule has 2 aromatic carbocycles.